The van der Waals surface area contributed by atoms with Gasteiger partial charge in [-0.15, -0.1) is 0 Å². The second kappa shape index (κ2) is 8.86. The Labute approximate surface area is 203 Å². The molecule has 0 N–H and O–H groups in total. The van der Waals surface area contributed by atoms with Crippen LogP contribution in [0, 0.1) is 0 Å². The number of rotatable bonds is 3. The lowest BCUT2D eigenvalue weighted by Crippen LogP contribution is -2.49. The molecule has 224 valence electrons. The summed E-state index contributed by atoms with van der Waals surface area (Å²) in [5.41, 5.74) is 0. The van der Waals surface area contributed by atoms with Crippen LogP contribution in [-0.2, 0) is 37.1 Å². The fraction of sp³-hybridized carbons (Fsp3) is 0.500. The van der Waals surface area contributed by atoms with E-state index >= 15 is 0 Å². The Balaban J connectivity index is 2.60. The molecule has 0 aromatic carbocycles. The Kier molecular flexibility index (Phi) is 6.82. The number of aromatic nitrogens is 9. The molecule has 3 aromatic rings. The van der Waals surface area contributed by atoms with Crippen LogP contribution >= 0.6 is 0 Å². The minimum atomic E-state index is -6.28. The monoisotopic (exact) mass is 624 g/mol. The standard InChI is InChI=1S/C12HBF18N9/c14-7(15,16)1-32-4(10(23,24)25)38(35-1)13(39-5(11(26,27)28)33-2(36-39)8(17,18)19)40-6(12(29,30)31)34-3(37-40)9(20,21)22/h13H/q-1. The summed E-state index contributed by atoms with van der Waals surface area (Å²) < 4.78 is 235. The third-order valence-electron chi connectivity index (χ3n) is 4.34. The Morgan fingerprint density at radius 1 is 0.350 bits per heavy atom. The molecular weight excluding hydrogens is 623 g/mol. The summed E-state index contributed by atoms with van der Waals surface area (Å²) in [6, 6.07) is 0. The Morgan fingerprint density at radius 2 is 0.550 bits per heavy atom. The lowest BCUT2D eigenvalue weighted by Gasteiger charge is -2.30. The van der Waals surface area contributed by atoms with Gasteiger partial charge in [-0.3, -0.25) is 0 Å². The van der Waals surface area contributed by atoms with Gasteiger partial charge in [-0.2, -0.15) is 94.3 Å². The maximum absolute atomic E-state index is 13.5. The van der Waals surface area contributed by atoms with E-state index in [0.717, 1.165) is 0 Å². The molecule has 9 nitrogen and oxygen atoms in total. The fourth-order valence-electron chi connectivity index (χ4n) is 2.99. The van der Waals surface area contributed by atoms with Crippen molar-refractivity contribution >= 4 is 7.12 Å². The topological polar surface area (TPSA) is 92.1 Å². The zero-order valence-corrected chi connectivity index (χ0v) is 17.5. The van der Waals surface area contributed by atoms with Crippen molar-refractivity contribution in [3.8, 4) is 0 Å². The SMILES string of the molecule is FC(F)(F)c1nc(C(F)(F)F)n([BH-](n2nc(C(F)(F)F)nc2C(F)(F)F)n2nc(C(F)(F)F)nc2C(F)(F)F)n1. The summed E-state index contributed by atoms with van der Waals surface area (Å²) in [5.74, 6) is -18.1. The van der Waals surface area contributed by atoms with Gasteiger partial charge in [0.1, 0.15) is 0 Å². The smallest absolute Gasteiger partial charge is 0.375 e. The van der Waals surface area contributed by atoms with E-state index in [4.69, 9.17) is 0 Å². The largest absolute Gasteiger partial charge is 0.453 e. The van der Waals surface area contributed by atoms with E-state index < -0.39 is 92.9 Å². The zero-order valence-electron chi connectivity index (χ0n) is 17.5. The van der Waals surface area contributed by atoms with Crippen LogP contribution in [0.25, 0.3) is 0 Å². The first-order valence-corrected chi connectivity index (χ1v) is 9.13. The van der Waals surface area contributed by atoms with Crippen molar-refractivity contribution in [1.82, 2.24) is 44.0 Å². The van der Waals surface area contributed by atoms with Crippen LogP contribution in [0.3, 0.4) is 0 Å². The Hall–Kier alpha value is -3.78. The Bertz CT molecular complexity index is 1210. The van der Waals surface area contributed by atoms with Crippen LogP contribution in [0.5, 0.6) is 0 Å². The molecule has 0 aliphatic carbocycles. The van der Waals surface area contributed by atoms with Crippen molar-refractivity contribution in [2.24, 2.45) is 0 Å². The summed E-state index contributed by atoms with van der Waals surface area (Å²) in [6.45, 7) is 0. The van der Waals surface area contributed by atoms with Gasteiger partial charge in [0, 0.05) is 0 Å². The van der Waals surface area contributed by atoms with Crippen molar-refractivity contribution in [2.45, 2.75) is 37.1 Å². The quantitative estimate of drug-likeness (QED) is 0.320. The number of hydrogen-bond acceptors (Lipinski definition) is 6. The first kappa shape index (κ1) is 30.8. The number of nitrogens with zero attached hydrogens (tertiary/aromatic N) is 9. The molecule has 3 heterocycles. The van der Waals surface area contributed by atoms with E-state index in [2.05, 4.69) is 15.3 Å². The van der Waals surface area contributed by atoms with E-state index in [1.165, 1.54) is 0 Å². The van der Waals surface area contributed by atoms with Gasteiger partial charge in [-0.25, -0.2) is 15.0 Å². The molecule has 0 aliphatic rings. The fourth-order valence-corrected chi connectivity index (χ4v) is 2.99. The van der Waals surface area contributed by atoms with Crippen molar-refractivity contribution < 1.29 is 79.0 Å². The molecule has 0 bridgehead atoms. The lowest BCUT2D eigenvalue weighted by atomic mass is 9.93. The Morgan fingerprint density at radius 3 is 0.700 bits per heavy atom. The van der Waals surface area contributed by atoms with Gasteiger partial charge in [-0.1, -0.05) is 0 Å². The summed E-state index contributed by atoms with van der Waals surface area (Å²) in [6.07, 6.45) is -36.9. The average Bonchev–Trinajstić information content (AvgIpc) is 3.42. The van der Waals surface area contributed by atoms with Gasteiger partial charge >= 0.3 is 44.2 Å². The van der Waals surface area contributed by atoms with E-state index in [9.17, 15) is 79.0 Å². The van der Waals surface area contributed by atoms with Crippen LogP contribution in [0.4, 0.5) is 79.0 Å². The molecule has 3 rings (SSSR count). The van der Waals surface area contributed by atoms with Gasteiger partial charge < -0.3 is 13.8 Å². The van der Waals surface area contributed by atoms with Crippen LogP contribution in [0.15, 0.2) is 0 Å². The molecule has 0 atom stereocenters. The second-order valence-corrected chi connectivity index (χ2v) is 7.19. The molecule has 0 radical (unpaired) electrons. The van der Waals surface area contributed by atoms with E-state index in [1.807, 2.05) is 15.0 Å². The van der Waals surface area contributed by atoms with Crippen molar-refractivity contribution in [3.63, 3.8) is 0 Å². The summed E-state index contributed by atoms with van der Waals surface area (Å²) >= 11 is 0. The normalized spacial score (nSPS) is 14.5. The van der Waals surface area contributed by atoms with Crippen LogP contribution in [-0.4, -0.2) is 51.1 Å². The molecular formula is C12HBF18N9-. The maximum Gasteiger partial charge on any atom is 0.453 e. The van der Waals surface area contributed by atoms with Gasteiger partial charge in [0.15, 0.2) is 17.5 Å². The molecule has 28 heteroatoms. The van der Waals surface area contributed by atoms with E-state index in [0.29, 0.717) is 0 Å². The first-order chi connectivity index (χ1) is 17.6. The highest BCUT2D eigenvalue weighted by Crippen LogP contribution is 2.38. The number of halogens is 18. The predicted molar refractivity (Wildman–Crippen MR) is 83.4 cm³/mol. The molecule has 0 saturated heterocycles. The van der Waals surface area contributed by atoms with Crippen molar-refractivity contribution in [1.29, 1.82) is 0 Å². The molecule has 3 aromatic heterocycles. The molecule has 0 spiro atoms. The van der Waals surface area contributed by atoms with Crippen LogP contribution < -0.4 is 0 Å². The third kappa shape index (κ3) is 5.87. The second-order valence-electron chi connectivity index (χ2n) is 7.19. The summed E-state index contributed by atoms with van der Waals surface area (Å²) in [7, 11) is -5.49. The van der Waals surface area contributed by atoms with Crippen LogP contribution in [0.2, 0.25) is 0 Å². The lowest BCUT2D eigenvalue weighted by molar-refractivity contribution is -0.151. The molecule has 0 fully saturated rings. The van der Waals surface area contributed by atoms with E-state index in [1.54, 1.807) is 0 Å². The van der Waals surface area contributed by atoms with E-state index in [-0.39, 0.29) is 0 Å². The highest BCUT2D eigenvalue weighted by atomic mass is 19.4. The predicted octanol–water partition coefficient (Wildman–Crippen LogP) is 4.24. The average molecular weight is 624 g/mol. The van der Waals surface area contributed by atoms with Crippen molar-refractivity contribution in [2.75, 3.05) is 0 Å². The minimum Gasteiger partial charge on any atom is -0.375 e. The van der Waals surface area contributed by atoms with Gasteiger partial charge in [0.2, 0.25) is 0 Å². The van der Waals surface area contributed by atoms with Gasteiger partial charge in [-0.05, 0) is 0 Å². The molecule has 0 aliphatic heterocycles. The highest BCUT2D eigenvalue weighted by Gasteiger charge is 2.50. The molecule has 40 heavy (non-hydrogen) atoms. The molecule has 0 saturated carbocycles. The number of alkyl halides is 18. The molecule has 0 amide bonds. The summed E-state index contributed by atoms with van der Waals surface area (Å²) in [5, 5.41) is 6.34. The number of hydrogen-bond donors (Lipinski definition) is 0. The zero-order chi connectivity index (χ0) is 31.0. The molecule has 0 unspecified atom stereocenters. The highest BCUT2D eigenvalue weighted by molar-refractivity contribution is 6.53. The van der Waals surface area contributed by atoms with Gasteiger partial charge in [0.05, 0.1) is 0 Å². The summed E-state index contributed by atoms with van der Waals surface area (Å²) in [4.78, 5) is 5.74. The first-order valence-electron chi connectivity index (χ1n) is 9.13. The van der Waals surface area contributed by atoms with Crippen molar-refractivity contribution in [3.05, 3.63) is 34.9 Å². The maximum atomic E-state index is 13.5. The van der Waals surface area contributed by atoms with Gasteiger partial charge in [0.25, 0.3) is 17.5 Å². The minimum absolute atomic E-state index is 1.48. The van der Waals surface area contributed by atoms with Crippen LogP contribution in [0.1, 0.15) is 34.9 Å². The third-order valence-corrected chi connectivity index (χ3v) is 4.34.